The lowest BCUT2D eigenvalue weighted by Gasteiger charge is -2.11. The van der Waals surface area contributed by atoms with Gasteiger partial charge in [-0.1, -0.05) is 0 Å². The first-order valence-electron chi connectivity index (χ1n) is 6.41. The van der Waals surface area contributed by atoms with Gasteiger partial charge < -0.3 is 4.74 Å². The zero-order valence-corrected chi connectivity index (χ0v) is 12.0. The summed E-state index contributed by atoms with van der Waals surface area (Å²) in [5.41, 5.74) is 2.73. The summed E-state index contributed by atoms with van der Waals surface area (Å²) >= 11 is 0. The van der Waals surface area contributed by atoms with Crippen molar-refractivity contribution in [3.63, 3.8) is 0 Å². The first-order valence-corrected chi connectivity index (χ1v) is 6.41. The van der Waals surface area contributed by atoms with Gasteiger partial charge in [0, 0.05) is 17.2 Å². The lowest BCUT2D eigenvalue weighted by molar-refractivity contribution is -0.385. The number of hydrogen-bond donors (Lipinski definition) is 0. The zero-order chi connectivity index (χ0) is 15.6. The van der Waals surface area contributed by atoms with Crippen LogP contribution in [0.3, 0.4) is 0 Å². The van der Waals surface area contributed by atoms with E-state index in [1.807, 2.05) is 6.92 Å². The molecular weight excluding hydrogens is 270 g/mol. The maximum absolute atomic E-state index is 10.9. The SMILES string of the molecule is Cc1cc(Oc2cc(C)c([N+](=O)[O-])cc2C)ccc1C=O. The van der Waals surface area contributed by atoms with Crippen LogP contribution in [0.1, 0.15) is 27.0 Å². The molecule has 0 aliphatic carbocycles. The molecule has 0 aliphatic heterocycles. The van der Waals surface area contributed by atoms with E-state index in [4.69, 9.17) is 4.74 Å². The molecule has 108 valence electrons. The third-order valence-corrected chi connectivity index (χ3v) is 3.29. The van der Waals surface area contributed by atoms with Gasteiger partial charge in [0.2, 0.25) is 0 Å². The lowest BCUT2D eigenvalue weighted by Crippen LogP contribution is -1.96. The fraction of sp³-hybridized carbons (Fsp3) is 0.188. The van der Waals surface area contributed by atoms with Crippen LogP contribution in [0.2, 0.25) is 0 Å². The molecule has 2 aromatic rings. The minimum Gasteiger partial charge on any atom is -0.457 e. The van der Waals surface area contributed by atoms with Crippen LogP contribution in [0, 0.1) is 30.9 Å². The van der Waals surface area contributed by atoms with Crippen molar-refractivity contribution in [3.05, 3.63) is 62.7 Å². The average molecular weight is 285 g/mol. The van der Waals surface area contributed by atoms with Crippen molar-refractivity contribution in [3.8, 4) is 11.5 Å². The van der Waals surface area contributed by atoms with E-state index >= 15 is 0 Å². The zero-order valence-electron chi connectivity index (χ0n) is 12.0. The number of carbonyl (C=O) groups is 1. The molecule has 0 bridgehead atoms. The van der Waals surface area contributed by atoms with Crippen molar-refractivity contribution >= 4 is 12.0 Å². The average Bonchev–Trinajstić information content (AvgIpc) is 2.42. The van der Waals surface area contributed by atoms with Gasteiger partial charge >= 0.3 is 0 Å². The van der Waals surface area contributed by atoms with Crippen molar-refractivity contribution in [2.75, 3.05) is 0 Å². The Hall–Kier alpha value is -2.69. The molecule has 5 nitrogen and oxygen atoms in total. The molecule has 2 rings (SSSR count). The van der Waals surface area contributed by atoms with E-state index in [2.05, 4.69) is 0 Å². The smallest absolute Gasteiger partial charge is 0.272 e. The van der Waals surface area contributed by atoms with Gasteiger partial charge in [0.05, 0.1) is 4.92 Å². The second-order valence-electron chi connectivity index (χ2n) is 4.90. The first-order chi connectivity index (χ1) is 9.92. The standard InChI is InChI=1S/C16H15NO4/c1-10-6-14(5-4-13(10)9-18)21-16-8-11(2)15(17(19)20)7-12(16)3/h4-9H,1-3H3. The molecule has 0 saturated heterocycles. The van der Waals surface area contributed by atoms with E-state index in [-0.39, 0.29) is 5.69 Å². The monoisotopic (exact) mass is 285 g/mol. The molecule has 0 saturated carbocycles. The minimum absolute atomic E-state index is 0.0762. The molecule has 0 atom stereocenters. The summed E-state index contributed by atoms with van der Waals surface area (Å²) in [7, 11) is 0. The number of rotatable bonds is 4. The van der Waals surface area contributed by atoms with E-state index in [9.17, 15) is 14.9 Å². The highest BCUT2D eigenvalue weighted by Crippen LogP contribution is 2.31. The molecule has 0 aliphatic rings. The van der Waals surface area contributed by atoms with Gasteiger partial charge in [-0.05, 0) is 56.2 Å². The Kier molecular flexibility index (Phi) is 4.03. The number of nitrogens with zero attached hydrogens (tertiary/aromatic N) is 1. The van der Waals surface area contributed by atoms with E-state index in [1.54, 1.807) is 38.1 Å². The Morgan fingerprint density at radius 3 is 2.33 bits per heavy atom. The molecule has 0 N–H and O–H groups in total. The van der Waals surface area contributed by atoms with Crippen LogP contribution in [0.15, 0.2) is 30.3 Å². The minimum atomic E-state index is -0.408. The van der Waals surface area contributed by atoms with Gasteiger partial charge in [-0.3, -0.25) is 14.9 Å². The van der Waals surface area contributed by atoms with Crippen LogP contribution in [-0.4, -0.2) is 11.2 Å². The van der Waals surface area contributed by atoms with Crippen LogP contribution in [0.25, 0.3) is 0 Å². The van der Waals surface area contributed by atoms with Crippen LogP contribution < -0.4 is 4.74 Å². The molecular formula is C16H15NO4. The highest BCUT2D eigenvalue weighted by atomic mass is 16.6. The maximum atomic E-state index is 10.9. The molecule has 0 unspecified atom stereocenters. The van der Waals surface area contributed by atoms with Crippen LogP contribution >= 0.6 is 0 Å². The number of ether oxygens (including phenoxy) is 1. The summed E-state index contributed by atoms with van der Waals surface area (Å²) < 4.78 is 5.77. The van der Waals surface area contributed by atoms with E-state index < -0.39 is 4.92 Å². The van der Waals surface area contributed by atoms with Crippen LogP contribution in [0.5, 0.6) is 11.5 Å². The van der Waals surface area contributed by atoms with Crippen LogP contribution in [-0.2, 0) is 0 Å². The highest BCUT2D eigenvalue weighted by molar-refractivity contribution is 5.77. The maximum Gasteiger partial charge on any atom is 0.272 e. The molecule has 2 aromatic carbocycles. The molecule has 0 amide bonds. The van der Waals surface area contributed by atoms with Gasteiger partial charge in [-0.2, -0.15) is 0 Å². The molecule has 0 heterocycles. The van der Waals surface area contributed by atoms with E-state index in [0.717, 1.165) is 11.8 Å². The predicted molar refractivity (Wildman–Crippen MR) is 79.2 cm³/mol. The summed E-state index contributed by atoms with van der Waals surface area (Å²) in [5, 5.41) is 10.9. The van der Waals surface area contributed by atoms with Gasteiger partial charge in [-0.25, -0.2) is 0 Å². The Morgan fingerprint density at radius 2 is 1.76 bits per heavy atom. The quantitative estimate of drug-likeness (QED) is 0.481. The largest absolute Gasteiger partial charge is 0.457 e. The third-order valence-electron chi connectivity index (χ3n) is 3.29. The number of nitro groups is 1. The molecule has 5 heteroatoms. The van der Waals surface area contributed by atoms with E-state index in [1.165, 1.54) is 6.07 Å². The van der Waals surface area contributed by atoms with Crippen LogP contribution in [0.4, 0.5) is 5.69 Å². The summed E-state index contributed by atoms with van der Waals surface area (Å²) in [5.74, 6) is 1.16. The molecule has 0 radical (unpaired) electrons. The Bertz CT molecular complexity index is 722. The second kappa shape index (κ2) is 5.75. The number of aryl methyl sites for hydroxylation is 3. The van der Waals surface area contributed by atoms with Crippen molar-refractivity contribution in [1.82, 2.24) is 0 Å². The number of benzene rings is 2. The van der Waals surface area contributed by atoms with Crippen molar-refractivity contribution in [1.29, 1.82) is 0 Å². The number of aldehydes is 1. The topological polar surface area (TPSA) is 69.4 Å². The first kappa shape index (κ1) is 14.7. The van der Waals surface area contributed by atoms with Gasteiger partial charge in [0.1, 0.15) is 17.8 Å². The molecule has 0 spiro atoms. The number of carbonyl (C=O) groups excluding carboxylic acids is 1. The second-order valence-corrected chi connectivity index (χ2v) is 4.90. The summed E-state index contributed by atoms with van der Waals surface area (Å²) in [6.07, 6.45) is 0.792. The van der Waals surface area contributed by atoms with Gasteiger partial charge in [0.15, 0.2) is 0 Å². The van der Waals surface area contributed by atoms with Crippen molar-refractivity contribution in [2.45, 2.75) is 20.8 Å². The highest BCUT2D eigenvalue weighted by Gasteiger charge is 2.14. The van der Waals surface area contributed by atoms with Gasteiger partial charge in [-0.15, -0.1) is 0 Å². The fourth-order valence-corrected chi connectivity index (χ4v) is 2.05. The normalized spacial score (nSPS) is 10.2. The summed E-state index contributed by atoms with van der Waals surface area (Å²) in [6, 6.07) is 8.30. The third kappa shape index (κ3) is 3.08. The predicted octanol–water partition coefficient (Wildman–Crippen LogP) is 4.12. The Morgan fingerprint density at radius 1 is 1.05 bits per heavy atom. The number of nitro benzene ring substituents is 1. The van der Waals surface area contributed by atoms with Crippen molar-refractivity contribution in [2.24, 2.45) is 0 Å². The Labute approximate surface area is 122 Å². The van der Waals surface area contributed by atoms with Gasteiger partial charge in [0.25, 0.3) is 5.69 Å². The molecule has 21 heavy (non-hydrogen) atoms. The fourth-order valence-electron chi connectivity index (χ4n) is 2.05. The Balaban J connectivity index is 2.36. The summed E-state index contributed by atoms with van der Waals surface area (Å²) in [4.78, 5) is 21.3. The summed E-state index contributed by atoms with van der Waals surface area (Å²) in [6.45, 7) is 5.25. The molecule has 0 fully saturated rings. The van der Waals surface area contributed by atoms with E-state index in [0.29, 0.717) is 28.2 Å². The lowest BCUT2D eigenvalue weighted by atomic mass is 10.1. The molecule has 0 aromatic heterocycles. The van der Waals surface area contributed by atoms with Crippen molar-refractivity contribution < 1.29 is 14.5 Å². The number of hydrogen-bond acceptors (Lipinski definition) is 4.